The number of sulfonamides is 1. The number of aliphatic imine (C=N–C) groups is 1. The van der Waals surface area contributed by atoms with Gasteiger partial charge in [-0.05, 0) is 55.7 Å². The van der Waals surface area contributed by atoms with Crippen LogP contribution in [0.2, 0.25) is 0 Å². The quantitative estimate of drug-likeness (QED) is 0.291. The molecule has 12 heteroatoms. The topological polar surface area (TPSA) is 94.0 Å². The Hall–Kier alpha value is -1.28. The van der Waals surface area contributed by atoms with E-state index >= 15 is 0 Å². The van der Waals surface area contributed by atoms with E-state index in [0.717, 1.165) is 36.8 Å². The Morgan fingerprint density at radius 2 is 1.87 bits per heavy atom. The molecule has 0 aromatic heterocycles. The molecule has 1 aromatic rings. The number of nitrogens with one attached hydrogen (secondary N) is 2. The zero-order valence-electron chi connectivity index (χ0n) is 17.2. The maximum atomic E-state index is 12.7. The predicted molar refractivity (Wildman–Crippen MR) is 123 cm³/mol. The summed E-state index contributed by atoms with van der Waals surface area (Å²) in [4.78, 5) is 4.15. The first-order valence-corrected chi connectivity index (χ1v) is 11.4. The van der Waals surface area contributed by atoms with Crippen LogP contribution >= 0.6 is 24.0 Å². The van der Waals surface area contributed by atoms with Crippen molar-refractivity contribution in [2.45, 2.75) is 56.6 Å². The second-order valence-corrected chi connectivity index (χ2v) is 9.53. The highest BCUT2D eigenvalue weighted by Crippen LogP contribution is 2.31. The average Bonchev–Trinajstić information content (AvgIpc) is 2.71. The first-order valence-electron chi connectivity index (χ1n) is 9.99. The molecule has 1 aliphatic carbocycles. The highest BCUT2D eigenvalue weighted by atomic mass is 127. The Labute approximate surface area is 197 Å². The number of benzene rings is 1. The molecule has 0 radical (unpaired) electrons. The summed E-state index contributed by atoms with van der Waals surface area (Å²) in [7, 11) is -3.70. The molecule has 1 aromatic carbocycles. The number of piperidine rings is 1. The maximum absolute atomic E-state index is 12.7. The molecule has 0 saturated carbocycles. The van der Waals surface area contributed by atoms with Gasteiger partial charge >= 0.3 is 15.5 Å². The lowest BCUT2D eigenvalue weighted by Gasteiger charge is -2.32. The van der Waals surface area contributed by atoms with Crippen LogP contribution in [0.25, 0.3) is 0 Å². The number of rotatable bonds is 4. The highest BCUT2D eigenvalue weighted by Gasteiger charge is 2.50. The third kappa shape index (κ3) is 5.95. The van der Waals surface area contributed by atoms with Gasteiger partial charge in [0.25, 0.3) is 0 Å². The molecule has 2 aliphatic rings. The van der Waals surface area contributed by atoms with Crippen LogP contribution in [0.3, 0.4) is 0 Å². The zero-order chi connectivity index (χ0) is 21.9. The van der Waals surface area contributed by atoms with Gasteiger partial charge in [-0.3, -0.25) is 4.99 Å². The van der Waals surface area contributed by atoms with E-state index in [0.29, 0.717) is 16.8 Å². The Bertz CT molecular complexity index is 901. The van der Waals surface area contributed by atoms with E-state index in [-0.39, 0.29) is 61.7 Å². The van der Waals surface area contributed by atoms with Gasteiger partial charge < -0.3 is 15.7 Å². The van der Waals surface area contributed by atoms with Crippen molar-refractivity contribution in [1.29, 1.82) is 0 Å². The molecule has 0 spiro atoms. The van der Waals surface area contributed by atoms with Crippen molar-refractivity contribution in [3.8, 4) is 5.75 Å². The van der Waals surface area contributed by atoms with Gasteiger partial charge in [-0.15, -0.1) is 24.0 Å². The molecule has 176 valence electrons. The van der Waals surface area contributed by atoms with E-state index in [1.54, 1.807) is 13.1 Å². The molecular formula is C19H28F3IN4O3S. The van der Waals surface area contributed by atoms with Gasteiger partial charge in [0.2, 0.25) is 0 Å². The molecule has 3 rings (SSSR count). The lowest BCUT2D eigenvalue weighted by molar-refractivity contribution is -0.0494. The lowest BCUT2D eigenvalue weighted by Crippen LogP contribution is -2.51. The minimum absolute atomic E-state index is 0. The van der Waals surface area contributed by atoms with E-state index in [9.17, 15) is 26.7 Å². The van der Waals surface area contributed by atoms with Crippen LogP contribution in [0, 0.1) is 0 Å². The fourth-order valence-corrected chi connectivity index (χ4v) is 5.02. The molecule has 1 fully saturated rings. The number of halogens is 4. The first-order chi connectivity index (χ1) is 14.1. The van der Waals surface area contributed by atoms with Crippen molar-refractivity contribution in [1.82, 2.24) is 14.9 Å². The summed E-state index contributed by atoms with van der Waals surface area (Å²) in [6, 6.07) is 3.46. The number of aryl methyl sites for hydroxylation is 1. The first kappa shape index (κ1) is 26.0. The van der Waals surface area contributed by atoms with Gasteiger partial charge in [-0.1, -0.05) is 6.07 Å². The summed E-state index contributed by atoms with van der Waals surface area (Å²) in [6.45, 7) is -0.0387. The second-order valence-electron chi connectivity index (χ2n) is 7.60. The maximum Gasteiger partial charge on any atom is 0.511 e. The van der Waals surface area contributed by atoms with Crippen LogP contribution in [0.4, 0.5) is 13.2 Å². The summed E-state index contributed by atoms with van der Waals surface area (Å²) in [5.74, 6) is 0.684. The minimum atomic E-state index is -5.28. The number of phenols is 1. The molecule has 0 bridgehead atoms. The van der Waals surface area contributed by atoms with E-state index in [1.165, 1.54) is 5.56 Å². The number of phenolic OH excluding ortho intramolecular Hbond substituents is 1. The third-order valence-electron chi connectivity index (χ3n) is 5.71. The molecule has 1 saturated heterocycles. The van der Waals surface area contributed by atoms with Crippen LogP contribution in [0.15, 0.2) is 17.1 Å². The van der Waals surface area contributed by atoms with Gasteiger partial charge in [0.15, 0.2) is 5.96 Å². The fraction of sp³-hybridized carbons (Fsp3) is 0.632. The van der Waals surface area contributed by atoms with E-state index in [4.69, 9.17) is 0 Å². The summed E-state index contributed by atoms with van der Waals surface area (Å²) in [5, 5.41) is 16.6. The second kappa shape index (κ2) is 10.6. The Morgan fingerprint density at radius 3 is 2.48 bits per heavy atom. The summed E-state index contributed by atoms with van der Waals surface area (Å²) in [5.41, 5.74) is -2.03. The van der Waals surface area contributed by atoms with Gasteiger partial charge in [0, 0.05) is 38.3 Å². The molecule has 31 heavy (non-hydrogen) atoms. The molecule has 0 amide bonds. The number of hydrogen-bond acceptors (Lipinski definition) is 4. The zero-order valence-corrected chi connectivity index (χ0v) is 20.4. The Kier molecular flexibility index (Phi) is 8.85. The summed E-state index contributed by atoms with van der Waals surface area (Å²) < 4.78 is 61.6. The van der Waals surface area contributed by atoms with Crippen LogP contribution in [0.5, 0.6) is 5.75 Å². The van der Waals surface area contributed by atoms with Crippen LogP contribution in [-0.2, 0) is 29.4 Å². The van der Waals surface area contributed by atoms with Crippen molar-refractivity contribution >= 4 is 40.0 Å². The molecule has 3 N–H and O–H groups in total. The van der Waals surface area contributed by atoms with E-state index < -0.39 is 15.5 Å². The standard InChI is InChI=1S/C19H27F3N4O3S.HI/c1-23-18(24-12-16-15-5-3-2-4-13(15)6-7-17(16)27)25-14-8-10-26(11-9-14)30(28,29)19(20,21)22;/h6-7,14,27H,2-5,8-12H2,1H3,(H2,23,24,25);1H. The van der Waals surface area contributed by atoms with Gasteiger partial charge in [0.05, 0.1) is 0 Å². The molecule has 1 heterocycles. The molecular weight excluding hydrogens is 548 g/mol. The van der Waals surface area contributed by atoms with Gasteiger partial charge in [-0.2, -0.15) is 17.5 Å². The lowest BCUT2D eigenvalue weighted by atomic mass is 9.88. The monoisotopic (exact) mass is 576 g/mol. The summed E-state index contributed by atoms with van der Waals surface area (Å²) >= 11 is 0. The van der Waals surface area contributed by atoms with Crippen LogP contribution in [0.1, 0.15) is 42.4 Å². The van der Waals surface area contributed by atoms with Crippen molar-refractivity contribution in [3.63, 3.8) is 0 Å². The van der Waals surface area contributed by atoms with Crippen molar-refractivity contribution in [2.75, 3.05) is 20.1 Å². The normalized spacial score (nSPS) is 18.8. The Balaban J connectivity index is 0.00000341. The average molecular weight is 576 g/mol. The van der Waals surface area contributed by atoms with Crippen molar-refractivity contribution < 1.29 is 26.7 Å². The molecule has 1 aliphatic heterocycles. The number of alkyl halides is 3. The third-order valence-corrected chi connectivity index (χ3v) is 7.34. The largest absolute Gasteiger partial charge is 0.511 e. The van der Waals surface area contributed by atoms with Crippen LogP contribution in [-0.4, -0.2) is 55.5 Å². The fourth-order valence-electron chi connectivity index (χ4n) is 4.04. The van der Waals surface area contributed by atoms with Gasteiger partial charge in [-0.25, -0.2) is 8.42 Å². The number of aromatic hydroxyl groups is 1. The number of fused-ring (bicyclic) bond motifs is 1. The molecule has 0 unspecified atom stereocenters. The SMILES string of the molecule is CN=C(NCc1c(O)ccc2c1CCCC2)NC1CCN(S(=O)(=O)C(F)(F)F)CC1.I. The van der Waals surface area contributed by atoms with Crippen molar-refractivity contribution in [2.24, 2.45) is 4.99 Å². The van der Waals surface area contributed by atoms with Gasteiger partial charge in [0.1, 0.15) is 5.75 Å². The Morgan fingerprint density at radius 1 is 1.23 bits per heavy atom. The van der Waals surface area contributed by atoms with Crippen LogP contribution < -0.4 is 10.6 Å². The summed E-state index contributed by atoms with van der Waals surface area (Å²) in [6.07, 6.45) is 4.60. The highest BCUT2D eigenvalue weighted by molar-refractivity contribution is 14.0. The smallest absolute Gasteiger partial charge is 0.508 e. The molecule has 7 nitrogen and oxygen atoms in total. The van der Waals surface area contributed by atoms with Crippen molar-refractivity contribution in [3.05, 3.63) is 28.8 Å². The molecule has 0 atom stereocenters. The van der Waals surface area contributed by atoms with E-state index in [1.807, 2.05) is 6.07 Å². The number of hydrogen-bond donors (Lipinski definition) is 3. The number of nitrogens with zero attached hydrogens (tertiary/aromatic N) is 2. The minimum Gasteiger partial charge on any atom is -0.508 e. The van der Waals surface area contributed by atoms with E-state index in [2.05, 4.69) is 15.6 Å². The predicted octanol–water partition coefficient (Wildman–Crippen LogP) is 2.87. The number of guanidine groups is 1.